The van der Waals surface area contributed by atoms with Crippen molar-refractivity contribution < 1.29 is 0 Å². The van der Waals surface area contributed by atoms with Crippen molar-refractivity contribution in [1.82, 2.24) is 9.97 Å². The first-order valence-corrected chi connectivity index (χ1v) is 10.2. The van der Waals surface area contributed by atoms with Crippen LogP contribution in [0.1, 0.15) is 0 Å². The lowest BCUT2D eigenvalue weighted by molar-refractivity contribution is 1.23. The molecule has 0 spiro atoms. The number of hydrogen-bond donors (Lipinski definition) is 1. The van der Waals surface area contributed by atoms with E-state index in [1.165, 1.54) is 6.33 Å². The van der Waals surface area contributed by atoms with Crippen molar-refractivity contribution in [2.45, 2.75) is 0 Å². The van der Waals surface area contributed by atoms with Crippen LogP contribution in [0.3, 0.4) is 0 Å². The van der Waals surface area contributed by atoms with E-state index in [0.717, 1.165) is 25.8 Å². The van der Waals surface area contributed by atoms with E-state index in [1.807, 2.05) is 24.3 Å². The van der Waals surface area contributed by atoms with E-state index < -0.39 is 0 Å². The molecule has 2 heterocycles. The minimum absolute atomic E-state index is 0.426. The van der Waals surface area contributed by atoms with Gasteiger partial charge in [-0.05, 0) is 29.8 Å². The lowest BCUT2D eigenvalue weighted by atomic mass is 10.1. The highest BCUT2D eigenvalue weighted by molar-refractivity contribution is 9.10. The maximum atomic E-state index is 6.31. The Hall–Kier alpha value is -1.37. The molecule has 0 aliphatic carbocycles. The van der Waals surface area contributed by atoms with Crippen LogP contribution in [0, 0.1) is 0 Å². The molecule has 4 aromatic rings. The van der Waals surface area contributed by atoms with Crippen molar-refractivity contribution in [2.75, 3.05) is 5.32 Å². The first kappa shape index (κ1) is 18.0. The van der Waals surface area contributed by atoms with Gasteiger partial charge in [0.15, 0.2) is 0 Å². The Morgan fingerprint density at radius 1 is 0.962 bits per heavy atom. The Bertz CT molecular complexity index is 1090. The van der Waals surface area contributed by atoms with Gasteiger partial charge in [-0.1, -0.05) is 62.9 Å². The molecule has 0 fully saturated rings. The molecule has 130 valence electrons. The summed E-state index contributed by atoms with van der Waals surface area (Å²) in [7, 11) is 0. The zero-order valence-electron chi connectivity index (χ0n) is 12.9. The van der Waals surface area contributed by atoms with Gasteiger partial charge in [0, 0.05) is 20.4 Å². The lowest BCUT2D eigenvalue weighted by Gasteiger charge is -2.12. The number of anilines is 2. The molecule has 0 saturated heterocycles. The lowest BCUT2D eigenvalue weighted by Crippen LogP contribution is -1.97. The number of fused-ring (bicyclic) bond motifs is 1. The first-order valence-electron chi connectivity index (χ1n) is 7.42. The van der Waals surface area contributed by atoms with E-state index in [0.29, 0.717) is 26.6 Å². The number of benzene rings is 2. The Kier molecular flexibility index (Phi) is 5.08. The number of thiophene rings is 1. The number of rotatable bonds is 3. The molecule has 0 radical (unpaired) electrons. The highest BCUT2D eigenvalue weighted by Crippen LogP contribution is 2.40. The maximum Gasteiger partial charge on any atom is 0.143 e. The van der Waals surface area contributed by atoms with Gasteiger partial charge in [0.1, 0.15) is 17.0 Å². The van der Waals surface area contributed by atoms with Gasteiger partial charge in [0.05, 0.1) is 21.1 Å². The molecule has 0 saturated carbocycles. The van der Waals surface area contributed by atoms with Gasteiger partial charge in [-0.15, -0.1) is 11.3 Å². The fourth-order valence-electron chi connectivity index (χ4n) is 2.59. The normalized spacial score (nSPS) is 11.1. The molecule has 26 heavy (non-hydrogen) atoms. The van der Waals surface area contributed by atoms with Gasteiger partial charge in [-0.3, -0.25) is 0 Å². The molecule has 0 amide bonds. The van der Waals surface area contributed by atoms with Gasteiger partial charge in [-0.25, -0.2) is 9.97 Å². The Labute approximate surface area is 177 Å². The molecule has 0 unspecified atom stereocenters. The molecular weight excluding hydrogens is 477 g/mol. The third-order valence-corrected chi connectivity index (χ3v) is 6.01. The maximum absolute atomic E-state index is 6.31. The summed E-state index contributed by atoms with van der Waals surface area (Å²) in [4.78, 5) is 9.66. The number of hydrogen-bond acceptors (Lipinski definition) is 4. The molecular formula is C18H9BrCl3N3S. The summed E-state index contributed by atoms with van der Waals surface area (Å²) in [6.45, 7) is 0. The predicted octanol–water partition coefficient (Wildman–Crippen LogP) is 7.82. The largest absolute Gasteiger partial charge is 0.337 e. The minimum Gasteiger partial charge on any atom is -0.337 e. The van der Waals surface area contributed by atoms with Crippen molar-refractivity contribution in [3.05, 3.63) is 67.6 Å². The van der Waals surface area contributed by atoms with E-state index in [4.69, 9.17) is 34.8 Å². The molecule has 0 atom stereocenters. The van der Waals surface area contributed by atoms with Crippen LogP contribution in [0.15, 0.2) is 52.6 Å². The second kappa shape index (κ2) is 7.33. The van der Waals surface area contributed by atoms with Crippen LogP contribution in [-0.4, -0.2) is 9.97 Å². The average molecular weight is 486 g/mol. The summed E-state index contributed by atoms with van der Waals surface area (Å²) in [5, 5.41) is 7.56. The number of halogens is 4. The molecule has 8 heteroatoms. The third kappa shape index (κ3) is 3.42. The first-order chi connectivity index (χ1) is 12.5. The van der Waals surface area contributed by atoms with Crippen molar-refractivity contribution in [3.63, 3.8) is 0 Å². The number of nitrogens with one attached hydrogen (secondary N) is 1. The fraction of sp³-hybridized carbons (Fsp3) is 0. The van der Waals surface area contributed by atoms with Crippen LogP contribution in [0.5, 0.6) is 0 Å². The second-order valence-corrected chi connectivity index (χ2v) is 8.45. The van der Waals surface area contributed by atoms with Crippen LogP contribution in [0.25, 0.3) is 21.3 Å². The number of nitrogens with zero attached hydrogens (tertiary/aromatic N) is 2. The van der Waals surface area contributed by atoms with Crippen LogP contribution < -0.4 is 5.32 Å². The minimum atomic E-state index is 0.426. The third-order valence-electron chi connectivity index (χ3n) is 3.78. The summed E-state index contributed by atoms with van der Waals surface area (Å²) in [6, 6.07) is 11.4. The monoisotopic (exact) mass is 483 g/mol. The molecule has 2 aromatic carbocycles. The summed E-state index contributed by atoms with van der Waals surface area (Å²) in [5.74, 6) is 0.639. The smallest absolute Gasteiger partial charge is 0.143 e. The topological polar surface area (TPSA) is 37.8 Å². The van der Waals surface area contributed by atoms with E-state index in [1.54, 1.807) is 23.5 Å². The predicted molar refractivity (Wildman–Crippen MR) is 115 cm³/mol. The van der Waals surface area contributed by atoms with Crippen LogP contribution in [0.4, 0.5) is 11.5 Å². The Morgan fingerprint density at radius 2 is 1.65 bits per heavy atom. The van der Waals surface area contributed by atoms with E-state index in [2.05, 4.69) is 36.6 Å². The summed E-state index contributed by atoms with van der Waals surface area (Å²) in [6.07, 6.45) is 1.52. The average Bonchev–Trinajstić information content (AvgIpc) is 3.03. The molecule has 0 aliphatic rings. The molecule has 0 aliphatic heterocycles. The van der Waals surface area contributed by atoms with Crippen molar-refractivity contribution in [1.29, 1.82) is 0 Å². The second-order valence-electron chi connectivity index (χ2n) is 5.43. The molecule has 0 bridgehead atoms. The summed E-state index contributed by atoms with van der Waals surface area (Å²) >= 11 is 23.6. The Balaban J connectivity index is 1.86. The van der Waals surface area contributed by atoms with E-state index in [-0.39, 0.29) is 0 Å². The standard InChI is InChI=1S/C18H9BrCl3N3S/c19-10-3-1-9(2-4-10)12-7-26-18-15(12)17(23-8-24-18)25-16-13(21)5-11(20)6-14(16)22/h1-8H,(H,23,24,25). The summed E-state index contributed by atoms with van der Waals surface area (Å²) < 4.78 is 1.02. The Morgan fingerprint density at radius 3 is 2.35 bits per heavy atom. The number of aromatic nitrogens is 2. The van der Waals surface area contributed by atoms with Crippen LogP contribution >= 0.6 is 62.1 Å². The zero-order valence-corrected chi connectivity index (χ0v) is 17.6. The van der Waals surface area contributed by atoms with Crippen molar-refractivity contribution in [2.24, 2.45) is 0 Å². The molecule has 1 N–H and O–H groups in total. The zero-order chi connectivity index (χ0) is 18.3. The molecule has 3 nitrogen and oxygen atoms in total. The van der Waals surface area contributed by atoms with Crippen molar-refractivity contribution in [3.8, 4) is 11.1 Å². The highest BCUT2D eigenvalue weighted by atomic mass is 79.9. The van der Waals surface area contributed by atoms with Gasteiger partial charge in [-0.2, -0.15) is 0 Å². The molecule has 2 aromatic heterocycles. The van der Waals surface area contributed by atoms with E-state index in [9.17, 15) is 0 Å². The van der Waals surface area contributed by atoms with Gasteiger partial charge in [0.25, 0.3) is 0 Å². The van der Waals surface area contributed by atoms with Gasteiger partial charge >= 0.3 is 0 Å². The van der Waals surface area contributed by atoms with Crippen LogP contribution in [-0.2, 0) is 0 Å². The van der Waals surface area contributed by atoms with Crippen LogP contribution in [0.2, 0.25) is 15.1 Å². The van der Waals surface area contributed by atoms with E-state index >= 15 is 0 Å². The highest BCUT2D eigenvalue weighted by Gasteiger charge is 2.16. The quantitative estimate of drug-likeness (QED) is 0.321. The van der Waals surface area contributed by atoms with Crippen molar-refractivity contribution >= 4 is 83.8 Å². The van der Waals surface area contributed by atoms with Gasteiger partial charge in [0.2, 0.25) is 0 Å². The summed E-state index contributed by atoms with van der Waals surface area (Å²) in [5.41, 5.74) is 2.68. The fourth-order valence-corrected chi connectivity index (χ4v) is 4.68. The van der Waals surface area contributed by atoms with Gasteiger partial charge < -0.3 is 5.32 Å². The SMILES string of the molecule is Clc1cc(Cl)c(Nc2ncnc3scc(-c4ccc(Br)cc4)c23)c(Cl)c1. The molecule has 4 rings (SSSR count).